The normalized spacial score (nSPS) is 20.7. The molecule has 2 aromatic rings. The van der Waals surface area contributed by atoms with E-state index in [4.69, 9.17) is 10.5 Å². The van der Waals surface area contributed by atoms with E-state index in [-0.39, 0.29) is 16.9 Å². The van der Waals surface area contributed by atoms with Gasteiger partial charge in [-0.3, -0.25) is 5.41 Å². The highest BCUT2D eigenvalue weighted by Crippen LogP contribution is 2.40. The molecular weight excluding hydrogens is 354 g/mol. The quantitative estimate of drug-likeness (QED) is 0.467. The van der Waals surface area contributed by atoms with Gasteiger partial charge in [0.25, 0.3) is 0 Å². The van der Waals surface area contributed by atoms with E-state index in [0.29, 0.717) is 22.8 Å². The molecule has 1 aliphatic carbocycles. The zero-order valence-electron chi connectivity index (χ0n) is 14.8. The summed E-state index contributed by atoms with van der Waals surface area (Å²) in [6.07, 6.45) is 3.58. The maximum Gasteiger partial charge on any atom is 0.239 e. The van der Waals surface area contributed by atoms with Crippen LogP contribution in [0, 0.1) is 12.3 Å². The number of benzene rings is 1. The molecule has 10 heteroatoms. The van der Waals surface area contributed by atoms with Crippen LogP contribution >= 0.6 is 0 Å². The van der Waals surface area contributed by atoms with Crippen LogP contribution in [-0.4, -0.2) is 40.9 Å². The second-order valence-corrected chi connectivity index (χ2v) is 8.29. The summed E-state index contributed by atoms with van der Waals surface area (Å²) in [5, 5.41) is 30.0. The molecule has 140 valence electrons. The molecule has 1 saturated carbocycles. The number of sulfonamides is 1. The summed E-state index contributed by atoms with van der Waals surface area (Å²) in [6.45, 7) is 3.45. The van der Waals surface area contributed by atoms with E-state index >= 15 is 0 Å². The first-order valence-corrected chi connectivity index (χ1v) is 10.0. The molecular formula is C16H23N7O2S. The monoisotopic (exact) mass is 377 g/mol. The molecule has 9 nitrogen and oxygen atoms in total. The van der Waals surface area contributed by atoms with Crippen molar-refractivity contribution in [2.75, 3.05) is 0 Å². The van der Waals surface area contributed by atoms with Gasteiger partial charge in [-0.15, -0.1) is 5.10 Å². The van der Waals surface area contributed by atoms with Crippen molar-refractivity contribution in [2.45, 2.75) is 56.4 Å². The molecule has 3 rings (SSSR count). The first-order chi connectivity index (χ1) is 12.3. The second-order valence-electron chi connectivity index (χ2n) is 6.79. The van der Waals surface area contributed by atoms with E-state index in [1.165, 1.54) is 0 Å². The van der Waals surface area contributed by atoms with Gasteiger partial charge in [0.1, 0.15) is 0 Å². The van der Waals surface area contributed by atoms with Gasteiger partial charge in [0.15, 0.2) is 5.82 Å². The Morgan fingerprint density at radius 2 is 2.00 bits per heavy atom. The minimum absolute atomic E-state index is 0.0733. The number of primary sulfonamides is 1. The molecule has 0 bridgehead atoms. The molecule has 1 aliphatic rings. The van der Waals surface area contributed by atoms with Crippen LogP contribution < -0.4 is 10.5 Å². The number of nitrogens with zero attached hydrogens (tertiary/aromatic N) is 3. The second kappa shape index (κ2) is 7.12. The van der Waals surface area contributed by atoms with E-state index in [1.54, 1.807) is 19.9 Å². The van der Waals surface area contributed by atoms with Gasteiger partial charge in [0.05, 0.1) is 10.7 Å². The minimum Gasteiger partial charge on any atom is -0.372 e. The van der Waals surface area contributed by atoms with Crippen LogP contribution in [0.3, 0.4) is 0 Å². The molecule has 1 heterocycles. The predicted octanol–water partition coefficient (Wildman–Crippen LogP) is 1.44. The largest absolute Gasteiger partial charge is 0.372 e. The number of aromatic nitrogens is 4. The third-order valence-electron chi connectivity index (χ3n) is 4.84. The fourth-order valence-electron chi connectivity index (χ4n) is 3.77. The lowest BCUT2D eigenvalue weighted by Gasteiger charge is -2.31. The lowest BCUT2D eigenvalue weighted by molar-refractivity contribution is 0.373. The number of nitrogens with one attached hydrogen (secondary N) is 3. The maximum absolute atomic E-state index is 12.2. The number of tetrazole rings is 1. The molecule has 0 spiro atoms. The Hall–Kier alpha value is -2.33. The first kappa shape index (κ1) is 18.5. The number of H-pyrrole nitrogens is 1. The molecule has 0 aliphatic heterocycles. The van der Waals surface area contributed by atoms with Gasteiger partial charge in [0.2, 0.25) is 10.0 Å². The van der Waals surface area contributed by atoms with Gasteiger partial charge in [0, 0.05) is 11.6 Å². The number of rotatable bonds is 4. The lowest BCUT2D eigenvalue weighted by Crippen LogP contribution is -2.35. The minimum atomic E-state index is -3.93. The third-order valence-corrected chi connectivity index (χ3v) is 5.94. The van der Waals surface area contributed by atoms with E-state index < -0.39 is 10.0 Å². The standard InChI is InChI=1S/C16H23N7O2S/c1-9-3-8-13(11-4-6-12(7-5-11)19-10(2)17)14(15(9)26(18,24)25)16-20-22-23-21-16/h3,8,11-12H,4-7H2,1-2H3,(H2,17,19)(H2,18,24,25)(H,20,21,22,23)/t11-,12-. The molecule has 0 amide bonds. The fourth-order valence-corrected chi connectivity index (χ4v) is 4.79. The fraction of sp³-hybridized carbons (Fsp3) is 0.500. The van der Waals surface area contributed by atoms with Gasteiger partial charge in [-0.1, -0.05) is 12.1 Å². The molecule has 0 atom stereocenters. The van der Waals surface area contributed by atoms with Crippen molar-refractivity contribution in [3.63, 3.8) is 0 Å². The zero-order valence-corrected chi connectivity index (χ0v) is 15.6. The highest BCUT2D eigenvalue weighted by Gasteiger charge is 2.29. The predicted molar refractivity (Wildman–Crippen MR) is 97.3 cm³/mol. The number of aryl methyl sites for hydroxylation is 1. The van der Waals surface area contributed by atoms with Crippen molar-refractivity contribution in [3.8, 4) is 11.4 Å². The Morgan fingerprint density at radius 3 is 2.54 bits per heavy atom. The summed E-state index contributed by atoms with van der Waals surface area (Å²) in [5.74, 6) is 0.956. The summed E-state index contributed by atoms with van der Waals surface area (Å²) >= 11 is 0. The number of aromatic amines is 1. The van der Waals surface area contributed by atoms with Crippen LogP contribution in [0.15, 0.2) is 17.0 Å². The van der Waals surface area contributed by atoms with Crippen molar-refractivity contribution in [3.05, 3.63) is 23.3 Å². The Kier molecular flexibility index (Phi) is 5.05. The summed E-state index contributed by atoms with van der Waals surface area (Å²) in [7, 11) is -3.93. The van der Waals surface area contributed by atoms with Crippen LogP contribution in [-0.2, 0) is 10.0 Å². The Labute approximate surface area is 152 Å². The van der Waals surface area contributed by atoms with E-state index in [9.17, 15) is 8.42 Å². The van der Waals surface area contributed by atoms with Gasteiger partial charge in [-0.25, -0.2) is 18.7 Å². The lowest BCUT2D eigenvalue weighted by atomic mass is 9.79. The van der Waals surface area contributed by atoms with E-state index in [1.807, 2.05) is 6.07 Å². The molecule has 26 heavy (non-hydrogen) atoms. The van der Waals surface area contributed by atoms with Gasteiger partial charge >= 0.3 is 0 Å². The van der Waals surface area contributed by atoms with Crippen molar-refractivity contribution in [1.82, 2.24) is 25.9 Å². The van der Waals surface area contributed by atoms with Gasteiger partial charge in [-0.2, -0.15) is 0 Å². The highest BCUT2D eigenvalue weighted by atomic mass is 32.2. The van der Waals surface area contributed by atoms with Crippen LogP contribution in [0.25, 0.3) is 11.4 Å². The summed E-state index contributed by atoms with van der Waals surface area (Å²) < 4.78 is 24.5. The number of amidine groups is 1. The number of nitrogens with two attached hydrogens (primary N) is 1. The summed E-state index contributed by atoms with van der Waals surface area (Å²) in [4.78, 5) is 0.0733. The molecule has 0 unspecified atom stereocenters. The van der Waals surface area contributed by atoms with Gasteiger partial charge in [-0.05, 0) is 67.0 Å². The SMILES string of the molecule is CC(=N)N[C@H]1CC[C@H](c2ccc(C)c(S(N)(=O)=O)c2-c2nnn[nH]2)CC1. The summed E-state index contributed by atoms with van der Waals surface area (Å²) in [5.41, 5.74) is 1.93. The van der Waals surface area contributed by atoms with Crippen molar-refractivity contribution in [2.24, 2.45) is 5.14 Å². The molecule has 1 aromatic carbocycles. The topological polar surface area (TPSA) is 150 Å². The Balaban J connectivity index is 2.02. The Bertz CT molecular complexity index is 901. The third kappa shape index (κ3) is 3.75. The van der Waals surface area contributed by atoms with Crippen LogP contribution in [0.2, 0.25) is 0 Å². The molecule has 5 N–H and O–H groups in total. The average Bonchev–Trinajstić information content (AvgIpc) is 3.08. The average molecular weight is 377 g/mol. The van der Waals surface area contributed by atoms with Crippen LogP contribution in [0.1, 0.15) is 49.7 Å². The smallest absolute Gasteiger partial charge is 0.239 e. The Morgan fingerprint density at radius 1 is 1.31 bits per heavy atom. The number of hydrogen-bond acceptors (Lipinski definition) is 6. The number of hydrogen-bond donors (Lipinski definition) is 4. The maximum atomic E-state index is 12.2. The molecule has 0 radical (unpaired) electrons. The summed E-state index contributed by atoms with van der Waals surface area (Å²) in [6, 6.07) is 4.01. The van der Waals surface area contributed by atoms with Crippen LogP contribution in [0.4, 0.5) is 0 Å². The van der Waals surface area contributed by atoms with Crippen molar-refractivity contribution in [1.29, 1.82) is 5.41 Å². The molecule has 0 saturated heterocycles. The van der Waals surface area contributed by atoms with E-state index in [2.05, 4.69) is 25.9 Å². The highest BCUT2D eigenvalue weighted by molar-refractivity contribution is 7.89. The molecule has 1 fully saturated rings. The van der Waals surface area contributed by atoms with E-state index in [0.717, 1.165) is 31.2 Å². The van der Waals surface area contributed by atoms with Crippen molar-refractivity contribution >= 4 is 15.9 Å². The molecule has 1 aromatic heterocycles. The zero-order chi connectivity index (χ0) is 18.9. The first-order valence-electron chi connectivity index (χ1n) is 8.49. The van der Waals surface area contributed by atoms with Crippen LogP contribution in [0.5, 0.6) is 0 Å². The van der Waals surface area contributed by atoms with Crippen molar-refractivity contribution < 1.29 is 8.42 Å². The van der Waals surface area contributed by atoms with Gasteiger partial charge < -0.3 is 5.32 Å².